The molecule has 0 bridgehead atoms. The highest BCUT2D eigenvalue weighted by molar-refractivity contribution is 5.99. The summed E-state index contributed by atoms with van der Waals surface area (Å²) in [6.07, 6.45) is 0.873. The minimum atomic E-state index is -0.945. The number of anilines is 1. The van der Waals surface area contributed by atoms with Crippen LogP contribution in [0, 0.1) is 6.92 Å². The fourth-order valence-corrected chi connectivity index (χ4v) is 3.15. The standard InChI is InChI=1S/C20H23N3O3/c1-15-8-6-11-17(21-15)22-18(24)20(2)12-7-13-23(20)19(25)26-14-16-9-4-3-5-10-16/h3-6,8-11H,7,12-14H2,1-2H3,(H,21,22,24). The van der Waals surface area contributed by atoms with Crippen molar-refractivity contribution in [3.63, 3.8) is 0 Å². The molecule has 0 spiro atoms. The quantitative estimate of drug-likeness (QED) is 0.913. The maximum Gasteiger partial charge on any atom is 0.410 e. The first-order valence-corrected chi connectivity index (χ1v) is 8.72. The largest absolute Gasteiger partial charge is 0.445 e. The van der Waals surface area contributed by atoms with Crippen LogP contribution in [-0.2, 0) is 16.1 Å². The molecular weight excluding hydrogens is 330 g/mol. The zero-order valence-electron chi connectivity index (χ0n) is 15.1. The lowest BCUT2D eigenvalue weighted by atomic mass is 9.98. The summed E-state index contributed by atoms with van der Waals surface area (Å²) < 4.78 is 5.42. The van der Waals surface area contributed by atoms with Gasteiger partial charge in [-0.1, -0.05) is 36.4 Å². The maximum absolute atomic E-state index is 12.8. The Morgan fingerprint density at radius 3 is 2.69 bits per heavy atom. The van der Waals surface area contributed by atoms with Gasteiger partial charge in [0.2, 0.25) is 0 Å². The second kappa shape index (κ2) is 7.56. The molecule has 136 valence electrons. The van der Waals surface area contributed by atoms with Crippen LogP contribution in [0.25, 0.3) is 0 Å². The Balaban J connectivity index is 1.67. The number of ether oxygens (including phenoxy) is 1. The van der Waals surface area contributed by atoms with Gasteiger partial charge in [0, 0.05) is 12.2 Å². The SMILES string of the molecule is Cc1cccc(NC(=O)C2(C)CCCN2C(=O)OCc2ccccc2)n1. The average Bonchev–Trinajstić information content (AvgIpc) is 3.04. The number of nitrogens with zero attached hydrogens (tertiary/aromatic N) is 2. The van der Waals surface area contributed by atoms with Gasteiger partial charge in [-0.15, -0.1) is 0 Å². The van der Waals surface area contributed by atoms with Gasteiger partial charge >= 0.3 is 6.09 Å². The molecule has 2 amide bonds. The normalized spacial score (nSPS) is 19.2. The van der Waals surface area contributed by atoms with Crippen LogP contribution in [0.1, 0.15) is 31.0 Å². The molecule has 0 saturated carbocycles. The molecule has 1 fully saturated rings. The molecule has 2 heterocycles. The number of likely N-dealkylation sites (tertiary alicyclic amines) is 1. The Morgan fingerprint density at radius 2 is 1.96 bits per heavy atom. The van der Waals surface area contributed by atoms with E-state index < -0.39 is 11.6 Å². The highest BCUT2D eigenvalue weighted by Gasteiger charge is 2.46. The lowest BCUT2D eigenvalue weighted by Gasteiger charge is -2.32. The summed E-state index contributed by atoms with van der Waals surface area (Å²) in [5.41, 5.74) is 0.785. The molecule has 1 saturated heterocycles. The lowest BCUT2D eigenvalue weighted by Crippen LogP contribution is -2.53. The maximum atomic E-state index is 12.8. The number of aromatic nitrogens is 1. The Bertz CT molecular complexity index is 794. The molecule has 2 aromatic rings. The first-order valence-electron chi connectivity index (χ1n) is 8.72. The fourth-order valence-electron chi connectivity index (χ4n) is 3.15. The average molecular weight is 353 g/mol. The van der Waals surface area contributed by atoms with E-state index >= 15 is 0 Å². The zero-order chi connectivity index (χ0) is 18.6. The van der Waals surface area contributed by atoms with E-state index in [0.29, 0.717) is 18.8 Å². The van der Waals surface area contributed by atoms with E-state index in [1.807, 2.05) is 49.4 Å². The van der Waals surface area contributed by atoms with E-state index in [4.69, 9.17) is 4.74 Å². The topological polar surface area (TPSA) is 71.5 Å². The van der Waals surface area contributed by atoms with Gasteiger partial charge in [-0.05, 0) is 44.4 Å². The van der Waals surface area contributed by atoms with Crippen molar-refractivity contribution in [2.24, 2.45) is 0 Å². The van der Waals surface area contributed by atoms with Crippen molar-refractivity contribution in [1.82, 2.24) is 9.88 Å². The molecule has 6 heteroatoms. The summed E-state index contributed by atoms with van der Waals surface area (Å²) in [7, 11) is 0. The predicted molar refractivity (Wildman–Crippen MR) is 98.6 cm³/mol. The van der Waals surface area contributed by atoms with Gasteiger partial charge in [-0.3, -0.25) is 9.69 Å². The van der Waals surface area contributed by atoms with E-state index in [2.05, 4.69) is 10.3 Å². The van der Waals surface area contributed by atoms with Gasteiger partial charge in [-0.25, -0.2) is 9.78 Å². The molecule has 26 heavy (non-hydrogen) atoms. The summed E-state index contributed by atoms with van der Waals surface area (Å²) in [6, 6.07) is 14.9. The van der Waals surface area contributed by atoms with Crippen LogP contribution in [0.5, 0.6) is 0 Å². The Morgan fingerprint density at radius 1 is 1.19 bits per heavy atom. The molecule has 1 unspecified atom stereocenters. The number of carbonyl (C=O) groups is 2. The van der Waals surface area contributed by atoms with E-state index in [1.165, 1.54) is 4.90 Å². The van der Waals surface area contributed by atoms with Crippen molar-refractivity contribution >= 4 is 17.8 Å². The van der Waals surface area contributed by atoms with Crippen LogP contribution in [0.4, 0.5) is 10.6 Å². The Hall–Kier alpha value is -2.89. The Labute approximate surface area is 153 Å². The number of benzene rings is 1. The molecule has 1 aromatic heterocycles. The van der Waals surface area contributed by atoms with Crippen LogP contribution in [-0.4, -0.2) is 34.0 Å². The smallest absolute Gasteiger partial charge is 0.410 e. The first-order chi connectivity index (χ1) is 12.5. The van der Waals surface area contributed by atoms with Gasteiger partial charge in [0.05, 0.1) is 0 Å². The lowest BCUT2D eigenvalue weighted by molar-refractivity contribution is -0.125. The summed E-state index contributed by atoms with van der Waals surface area (Å²) in [5, 5.41) is 2.82. The third-order valence-electron chi connectivity index (χ3n) is 4.69. The van der Waals surface area contributed by atoms with Gasteiger partial charge in [0.25, 0.3) is 5.91 Å². The third kappa shape index (κ3) is 3.85. The molecule has 0 radical (unpaired) electrons. The molecule has 6 nitrogen and oxygen atoms in total. The molecule has 1 N–H and O–H groups in total. The second-order valence-corrected chi connectivity index (χ2v) is 6.69. The summed E-state index contributed by atoms with van der Waals surface area (Å²) >= 11 is 0. The van der Waals surface area contributed by atoms with Gasteiger partial charge < -0.3 is 10.1 Å². The highest BCUT2D eigenvalue weighted by Crippen LogP contribution is 2.31. The van der Waals surface area contributed by atoms with Crippen LogP contribution < -0.4 is 5.32 Å². The highest BCUT2D eigenvalue weighted by atomic mass is 16.6. The van der Waals surface area contributed by atoms with E-state index in [1.54, 1.807) is 13.0 Å². The van der Waals surface area contributed by atoms with Crippen LogP contribution in [0.2, 0.25) is 0 Å². The number of amides is 2. The number of hydrogen-bond acceptors (Lipinski definition) is 4. The van der Waals surface area contributed by atoms with Crippen LogP contribution in [0.3, 0.4) is 0 Å². The number of aryl methyl sites for hydroxylation is 1. The van der Waals surface area contributed by atoms with E-state index in [9.17, 15) is 9.59 Å². The third-order valence-corrected chi connectivity index (χ3v) is 4.69. The van der Waals surface area contributed by atoms with Gasteiger partial charge in [0.1, 0.15) is 18.0 Å². The summed E-state index contributed by atoms with van der Waals surface area (Å²) in [4.78, 5) is 31.2. The monoisotopic (exact) mass is 353 g/mol. The van der Waals surface area contributed by atoms with Crippen molar-refractivity contribution < 1.29 is 14.3 Å². The molecule has 0 aliphatic carbocycles. The van der Waals surface area contributed by atoms with E-state index in [0.717, 1.165) is 17.7 Å². The van der Waals surface area contributed by atoms with Crippen molar-refractivity contribution in [3.05, 3.63) is 59.8 Å². The first kappa shape index (κ1) is 17.9. The number of pyridine rings is 1. The molecule has 1 aromatic carbocycles. The van der Waals surface area contributed by atoms with Crippen molar-refractivity contribution in [3.8, 4) is 0 Å². The van der Waals surface area contributed by atoms with Crippen molar-refractivity contribution in [2.75, 3.05) is 11.9 Å². The Kier molecular flexibility index (Phi) is 5.21. The van der Waals surface area contributed by atoms with E-state index in [-0.39, 0.29) is 12.5 Å². The summed E-state index contributed by atoms with van der Waals surface area (Å²) in [5.74, 6) is 0.241. The summed E-state index contributed by atoms with van der Waals surface area (Å²) in [6.45, 7) is 4.32. The zero-order valence-corrected chi connectivity index (χ0v) is 15.1. The molecular formula is C20H23N3O3. The minimum Gasteiger partial charge on any atom is -0.445 e. The molecule has 1 aliphatic heterocycles. The number of hydrogen-bond donors (Lipinski definition) is 1. The second-order valence-electron chi connectivity index (χ2n) is 6.69. The molecule has 3 rings (SSSR count). The number of carbonyl (C=O) groups excluding carboxylic acids is 2. The van der Waals surface area contributed by atoms with Crippen LogP contribution >= 0.6 is 0 Å². The molecule has 1 aliphatic rings. The fraction of sp³-hybridized carbons (Fsp3) is 0.350. The van der Waals surface area contributed by atoms with Crippen LogP contribution in [0.15, 0.2) is 48.5 Å². The number of nitrogens with one attached hydrogen (secondary N) is 1. The minimum absolute atomic E-state index is 0.188. The van der Waals surface area contributed by atoms with Crippen molar-refractivity contribution in [2.45, 2.75) is 38.8 Å². The predicted octanol–water partition coefficient (Wildman–Crippen LogP) is 3.52. The van der Waals surface area contributed by atoms with Gasteiger partial charge in [0.15, 0.2) is 0 Å². The molecule has 1 atom stereocenters. The number of rotatable bonds is 4. The van der Waals surface area contributed by atoms with Gasteiger partial charge in [-0.2, -0.15) is 0 Å². The van der Waals surface area contributed by atoms with Crippen molar-refractivity contribution in [1.29, 1.82) is 0 Å².